The van der Waals surface area contributed by atoms with Crippen LogP contribution in [0.2, 0.25) is 0 Å². The van der Waals surface area contributed by atoms with Crippen LogP contribution >= 0.6 is 11.8 Å². The Bertz CT molecular complexity index is 476. The highest BCUT2D eigenvalue weighted by molar-refractivity contribution is 8.00. The molecular weight excluding hydrogens is 272 g/mol. The van der Waals surface area contributed by atoms with E-state index < -0.39 is 18.0 Å². The van der Waals surface area contributed by atoms with Crippen molar-refractivity contribution in [3.8, 4) is 0 Å². The number of β-lactam (4-membered cyclic amide) rings is 1. The molecule has 104 valence electrons. The summed E-state index contributed by atoms with van der Waals surface area (Å²) >= 11 is 1.44. The monoisotopic (exact) mass is 286 g/mol. The number of fused-ring (bicyclic) bond motifs is 1. The Morgan fingerprint density at radius 3 is 2.79 bits per heavy atom. The normalized spacial score (nSPS) is 25.6. The van der Waals surface area contributed by atoms with Gasteiger partial charge in [-0.2, -0.15) is 0 Å². The predicted octanol–water partition coefficient (Wildman–Crippen LogP) is -0.781. The number of methoxy groups -OCH3 is 1. The van der Waals surface area contributed by atoms with E-state index in [2.05, 4.69) is 4.74 Å². The van der Waals surface area contributed by atoms with Gasteiger partial charge in [-0.3, -0.25) is 14.5 Å². The third-order valence-electron chi connectivity index (χ3n) is 2.92. The first-order chi connectivity index (χ1) is 8.97. The Balaban J connectivity index is 2.28. The summed E-state index contributed by atoms with van der Waals surface area (Å²) < 4.78 is 9.57. The molecule has 1 fully saturated rings. The van der Waals surface area contributed by atoms with Crippen LogP contribution in [0.5, 0.6) is 0 Å². The molecule has 2 atom stereocenters. The van der Waals surface area contributed by atoms with Crippen molar-refractivity contribution in [2.45, 2.75) is 18.3 Å². The lowest BCUT2D eigenvalue weighted by Crippen LogP contribution is -2.68. The Labute approximate surface area is 114 Å². The number of nitrogens with zero attached hydrogens (tertiary/aromatic N) is 1. The minimum absolute atomic E-state index is 0.0293. The molecule has 2 aliphatic heterocycles. The number of esters is 2. The van der Waals surface area contributed by atoms with Gasteiger partial charge in [-0.15, -0.1) is 11.8 Å². The largest absolute Gasteiger partial charge is 0.464 e. The van der Waals surface area contributed by atoms with Crippen LogP contribution in [-0.4, -0.2) is 53.6 Å². The van der Waals surface area contributed by atoms with E-state index in [1.54, 1.807) is 0 Å². The third kappa shape index (κ3) is 2.33. The molecule has 0 unspecified atom stereocenters. The molecule has 7 nitrogen and oxygen atoms in total. The summed E-state index contributed by atoms with van der Waals surface area (Å²) in [6.45, 7) is 1.25. The van der Waals surface area contributed by atoms with Crippen molar-refractivity contribution in [3.63, 3.8) is 0 Å². The van der Waals surface area contributed by atoms with Gasteiger partial charge in [0.15, 0.2) is 0 Å². The lowest BCUT2D eigenvalue weighted by molar-refractivity contribution is -0.149. The van der Waals surface area contributed by atoms with E-state index in [4.69, 9.17) is 10.5 Å². The van der Waals surface area contributed by atoms with Gasteiger partial charge in [-0.05, 0) is 0 Å². The van der Waals surface area contributed by atoms with Crippen molar-refractivity contribution in [2.24, 2.45) is 5.73 Å². The zero-order valence-corrected chi connectivity index (χ0v) is 11.4. The molecule has 2 aliphatic rings. The highest BCUT2D eigenvalue weighted by Gasteiger charge is 2.52. The average Bonchev–Trinajstić information content (AvgIpc) is 2.42. The molecule has 0 aromatic carbocycles. The number of nitrogens with two attached hydrogens (primary N) is 1. The molecule has 0 aromatic rings. The topological polar surface area (TPSA) is 98.9 Å². The van der Waals surface area contributed by atoms with Crippen LogP contribution in [0.15, 0.2) is 11.3 Å². The number of ether oxygens (including phenoxy) is 2. The lowest BCUT2D eigenvalue weighted by Gasteiger charge is -2.48. The van der Waals surface area contributed by atoms with Crippen LogP contribution in [0.3, 0.4) is 0 Å². The van der Waals surface area contributed by atoms with E-state index in [9.17, 15) is 14.4 Å². The smallest absolute Gasteiger partial charge is 0.354 e. The zero-order chi connectivity index (χ0) is 14.2. The molecule has 2 heterocycles. The molecule has 0 aromatic heterocycles. The van der Waals surface area contributed by atoms with Crippen LogP contribution in [0.25, 0.3) is 0 Å². The van der Waals surface area contributed by atoms with Gasteiger partial charge in [0.25, 0.3) is 0 Å². The molecule has 1 amide bonds. The van der Waals surface area contributed by atoms with Crippen LogP contribution in [-0.2, 0) is 23.9 Å². The SMILES string of the molecule is COC(=O)C1=C(COC(C)=O)CS[C@@H]2[C@H](N)C(=O)N12. The van der Waals surface area contributed by atoms with E-state index in [1.807, 2.05) is 0 Å². The van der Waals surface area contributed by atoms with E-state index >= 15 is 0 Å². The van der Waals surface area contributed by atoms with Crippen molar-refractivity contribution in [2.75, 3.05) is 19.5 Å². The van der Waals surface area contributed by atoms with Gasteiger partial charge >= 0.3 is 11.9 Å². The Morgan fingerprint density at radius 2 is 2.21 bits per heavy atom. The highest BCUT2D eigenvalue weighted by Crippen LogP contribution is 2.39. The quantitative estimate of drug-likeness (QED) is 0.536. The first kappa shape index (κ1) is 13.9. The Morgan fingerprint density at radius 1 is 1.53 bits per heavy atom. The maximum Gasteiger partial charge on any atom is 0.354 e. The zero-order valence-electron chi connectivity index (χ0n) is 10.5. The van der Waals surface area contributed by atoms with Crippen molar-refractivity contribution in [1.82, 2.24) is 4.90 Å². The van der Waals surface area contributed by atoms with E-state index in [-0.39, 0.29) is 23.6 Å². The van der Waals surface area contributed by atoms with Gasteiger partial charge in [0.1, 0.15) is 23.7 Å². The molecule has 0 saturated carbocycles. The van der Waals surface area contributed by atoms with Gasteiger partial charge in [0, 0.05) is 18.2 Å². The maximum atomic E-state index is 11.8. The molecule has 0 spiro atoms. The molecule has 0 radical (unpaired) electrons. The van der Waals surface area contributed by atoms with Crippen LogP contribution < -0.4 is 5.73 Å². The number of thioether (sulfide) groups is 1. The van der Waals surface area contributed by atoms with Gasteiger partial charge in [-0.1, -0.05) is 0 Å². The summed E-state index contributed by atoms with van der Waals surface area (Å²) in [6, 6.07) is -0.597. The lowest BCUT2D eigenvalue weighted by atomic mass is 10.0. The van der Waals surface area contributed by atoms with Crippen molar-refractivity contribution in [3.05, 3.63) is 11.3 Å². The summed E-state index contributed by atoms with van der Waals surface area (Å²) in [5, 5.41) is -0.248. The van der Waals surface area contributed by atoms with Gasteiger partial charge in [-0.25, -0.2) is 4.79 Å². The fourth-order valence-electron chi connectivity index (χ4n) is 1.96. The van der Waals surface area contributed by atoms with Gasteiger partial charge in [0.2, 0.25) is 5.91 Å². The van der Waals surface area contributed by atoms with E-state index in [0.717, 1.165) is 0 Å². The summed E-state index contributed by atoms with van der Waals surface area (Å²) in [5.74, 6) is -0.916. The molecule has 8 heteroatoms. The van der Waals surface area contributed by atoms with Crippen molar-refractivity contribution >= 4 is 29.6 Å². The number of carbonyl (C=O) groups is 3. The number of carbonyl (C=O) groups excluding carboxylic acids is 3. The second kappa shape index (κ2) is 5.22. The fraction of sp³-hybridized carbons (Fsp3) is 0.545. The van der Waals surface area contributed by atoms with E-state index in [1.165, 1.54) is 30.7 Å². The van der Waals surface area contributed by atoms with Crippen LogP contribution in [0.1, 0.15) is 6.92 Å². The van der Waals surface area contributed by atoms with Gasteiger partial charge in [0.05, 0.1) is 7.11 Å². The van der Waals surface area contributed by atoms with Crippen LogP contribution in [0, 0.1) is 0 Å². The average molecular weight is 286 g/mol. The maximum absolute atomic E-state index is 11.8. The molecule has 0 aliphatic carbocycles. The Kier molecular flexibility index (Phi) is 3.81. The van der Waals surface area contributed by atoms with Crippen molar-refractivity contribution in [1.29, 1.82) is 0 Å². The van der Waals surface area contributed by atoms with Crippen LogP contribution in [0.4, 0.5) is 0 Å². The fourth-order valence-corrected chi connectivity index (χ4v) is 3.24. The molecule has 19 heavy (non-hydrogen) atoms. The molecule has 1 saturated heterocycles. The van der Waals surface area contributed by atoms with Crippen molar-refractivity contribution < 1.29 is 23.9 Å². The molecule has 2 N–H and O–H groups in total. The molecule has 0 bridgehead atoms. The highest BCUT2D eigenvalue weighted by atomic mass is 32.2. The minimum atomic E-state index is -0.618. The number of amides is 1. The Hall–Kier alpha value is -1.54. The molecule has 2 rings (SSSR count). The van der Waals surface area contributed by atoms with Gasteiger partial charge < -0.3 is 15.2 Å². The number of hydrogen-bond donors (Lipinski definition) is 1. The summed E-state index contributed by atoms with van der Waals surface area (Å²) in [7, 11) is 1.24. The third-order valence-corrected chi connectivity index (χ3v) is 4.28. The first-order valence-corrected chi connectivity index (χ1v) is 6.66. The minimum Gasteiger partial charge on any atom is -0.464 e. The van der Waals surface area contributed by atoms with E-state index in [0.29, 0.717) is 11.3 Å². The second-order valence-corrected chi connectivity index (χ2v) is 5.26. The first-order valence-electron chi connectivity index (χ1n) is 5.61. The molecular formula is C11H14N2O5S. The number of rotatable bonds is 3. The summed E-state index contributed by atoms with van der Waals surface area (Å²) in [4.78, 5) is 35.7. The summed E-state index contributed by atoms with van der Waals surface area (Å²) in [5.41, 5.74) is 6.39. The second-order valence-electron chi connectivity index (χ2n) is 4.16. The standard InChI is InChI=1S/C11H14N2O5S/c1-5(14)18-3-6-4-19-10-7(12)9(15)13(10)8(6)11(16)17-2/h7,10H,3-4,12H2,1-2H3/t7-,10-/m1/s1. The summed E-state index contributed by atoms with van der Waals surface area (Å²) in [6.07, 6.45) is 0. The predicted molar refractivity (Wildman–Crippen MR) is 66.7 cm³/mol. The number of hydrogen-bond acceptors (Lipinski definition) is 7.